The van der Waals surface area contributed by atoms with Crippen LogP contribution in [0.15, 0.2) is 18.2 Å². The third-order valence-corrected chi connectivity index (χ3v) is 2.65. The molecule has 0 atom stereocenters. The first-order valence-corrected chi connectivity index (χ1v) is 6.98. The first-order chi connectivity index (χ1) is 9.52. The second-order valence-corrected chi connectivity index (χ2v) is 4.83. The Hall–Kier alpha value is -1.62. The Balaban J connectivity index is 2.48. The van der Waals surface area contributed by atoms with Crippen LogP contribution < -0.4 is 15.4 Å². The molecule has 1 rings (SSSR count). The fourth-order valence-electron chi connectivity index (χ4n) is 1.73. The summed E-state index contributed by atoms with van der Waals surface area (Å²) in [5.74, 6) is -0.114. The number of hydrogen-bond acceptors (Lipinski definition) is 3. The normalized spacial score (nSPS) is 10.7. The van der Waals surface area contributed by atoms with Crippen molar-refractivity contribution in [2.24, 2.45) is 0 Å². The van der Waals surface area contributed by atoms with Gasteiger partial charge in [-0.05, 0) is 32.0 Å². The van der Waals surface area contributed by atoms with Crippen LogP contribution >= 0.6 is 0 Å². The van der Waals surface area contributed by atoms with Gasteiger partial charge in [-0.1, -0.05) is 13.8 Å². The Bertz CT molecular complexity index is 436. The lowest BCUT2D eigenvalue weighted by atomic mass is 10.2. The van der Waals surface area contributed by atoms with Crippen molar-refractivity contribution < 1.29 is 13.9 Å². The number of halogens is 1. The quantitative estimate of drug-likeness (QED) is 0.721. The maximum absolute atomic E-state index is 13.1. The fraction of sp³-hybridized carbons (Fsp3) is 0.533. The molecule has 20 heavy (non-hydrogen) atoms. The highest BCUT2D eigenvalue weighted by molar-refractivity contribution is 5.92. The van der Waals surface area contributed by atoms with Crippen LogP contribution in [-0.4, -0.2) is 25.1 Å². The molecule has 5 heteroatoms. The van der Waals surface area contributed by atoms with E-state index in [1.165, 1.54) is 18.2 Å². The van der Waals surface area contributed by atoms with Crippen LogP contribution in [-0.2, 0) is 4.79 Å². The number of amides is 1. The molecule has 112 valence electrons. The van der Waals surface area contributed by atoms with Gasteiger partial charge in [-0.25, -0.2) is 4.39 Å². The molecule has 0 heterocycles. The Morgan fingerprint density at radius 1 is 1.40 bits per heavy atom. The average molecular weight is 282 g/mol. The molecule has 0 saturated carbocycles. The molecule has 0 radical (unpaired) electrons. The van der Waals surface area contributed by atoms with Crippen molar-refractivity contribution in [2.75, 3.05) is 18.5 Å². The van der Waals surface area contributed by atoms with Crippen LogP contribution in [0.4, 0.5) is 10.1 Å². The number of carbonyl (C=O) groups excluding carboxylic acids is 1. The third kappa shape index (κ3) is 6.02. The lowest BCUT2D eigenvalue weighted by Gasteiger charge is -2.12. The Morgan fingerprint density at radius 3 is 2.80 bits per heavy atom. The Kier molecular flexibility index (Phi) is 7.01. The first kappa shape index (κ1) is 16.4. The molecule has 0 bridgehead atoms. The van der Waals surface area contributed by atoms with Crippen LogP contribution in [0.1, 0.15) is 33.6 Å². The van der Waals surface area contributed by atoms with E-state index in [9.17, 15) is 9.18 Å². The van der Waals surface area contributed by atoms with E-state index < -0.39 is 0 Å². The summed E-state index contributed by atoms with van der Waals surface area (Å²) in [6.45, 7) is 7.16. The number of benzene rings is 1. The Labute approximate surface area is 119 Å². The summed E-state index contributed by atoms with van der Waals surface area (Å²) in [6.07, 6.45) is 1.18. The first-order valence-electron chi connectivity index (χ1n) is 6.98. The van der Waals surface area contributed by atoms with Gasteiger partial charge in [0, 0.05) is 18.5 Å². The van der Waals surface area contributed by atoms with Crippen molar-refractivity contribution in [3.05, 3.63) is 24.0 Å². The van der Waals surface area contributed by atoms with E-state index in [1.54, 1.807) is 0 Å². The number of anilines is 1. The topological polar surface area (TPSA) is 50.4 Å². The monoisotopic (exact) mass is 282 g/mol. The maximum Gasteiger partial charge on any atom is 0.224 e. The predicted molar refractivity (Wildman–Crippen MR) is 78.6 cm³/mol. The van der Waals surface area contributed by atoms with Gasteiger partial charge in [-0.15, -0.1) is 0 Å². The van der Waals surface area contributed by atoms with E-state index in [-0.39, 0.29) is 11.7 Å². The molecule has 0 aliphatic heterocycles. The van der Waals surface area contributed by atoms with Gasteiger partial charge < -0.3 is 15.4 Å². The molecule has 0 aliphatic rings. The van der Waals surface area contributed by atoms with Gasteiger partial charge in [-0.2, -0.15) is 0 Å². The van der Waals surface area contributed by atoms with Crippen molar-refractivity contribution in [1.29, 1.82) is 0 Å². The summed E-state index contributed by atoms with van der Waals surface area (Å²) in [7, 11) is 0. The number of ether oxygens (including phenoxy) is 1. The second kappa shape index (κ2) is 8.53. The summed E-state index contributed by atoms with van der Waals surface area (Å²) < 4.78 is 18.4. The van der Waals surface area contributed by atoms with E-state index in [2.05, 4.69) is 24.5 Å². The van der Waals surface area contributed by atoms with Crippen molar-refractivity contribution in [3.8, 4) is 5.75 Å². The molecule has 1 amide bonds. The molecular weight excluding hydrogens is 259 g/mol. The lowest BCUT2D eigenvalue weighted by Crippen LogP contribution is -2.24. The van der Waals surface area contributed by atoms with E-state index in [0.29, 0.717) is 30.5 Å². The van der Waals surface area contributed by atoms with Crippen LogP contribution in [0.2, 0.25) is 0 Å². The summed E-state index contributed by atoms with van der Waals surface area (Å²) in [6, 6.07) is 4.52. The number of carbonyl (C=O) groups is 1. The molecule has 0 unspecified atom stereocenters. The fourth-order valence-corrected chi connectivity index (χ4v) is 1.73. The summed E-state index contributed by atoms with van der Waals surface area (Å²) in [5.41, 5.74) is 0.509. The number of rotatable bonds is 8. The van der Waals surface area contributed by atoms with E-state index >= 15 is 0 Å². The smallest absolute Gasteiger partial charge is 0.224 e. The molecule has 4 nitrogen and oxygen atoms in total. The minimum Gasteiger partial charge on any atom is -0.492 e. The van der Waals surface area contributed by atoms with E-state index in [0.717, 1.165) is 13.0 Å². The zero-order valence-corrected chi connectivity index (χ0v) is 12.3. The van der Waals surface area contributed by atoms with Gasteiger partial charge in [-0.3, -0.25) is 4.79 Å². The number of hydrogen-bond donors (Lipinski definition) is 2. The molecule has 0 aliphatic carbocycles. The summed E-state index contributed by atoms with van der Waals surface area (Å²) in [5, 5.41) is 6.00. The van der Waals surface area contributed by atoms with Crippen molar-refractivity contribution in [2.45, 2.75) is 39.7 Å². The highest BCUT2D eigenvalue weighted by Gasteiger charge is 2.09. The standard InChI is InChI=1S/C15H23FN2O2/c1-4-20-14-10-12(16)7-8-13(14)18-15(19)6-5-9-17-11(2)3/h7-8,10-11,17H,4-6,9H2,1-3H3,(H,18,19). The van der Waals surface area contributed by atoms with Crippen LogP contribution in [0, 0.1) is 5.82 Å². The van der Waals surface area contributed by atoms with Gasteiger partial charge in [0.05, 0.1) is 12.3 Å². The summed E-state index contributed by atoms with van der Waals surface area (Å²) in [4.78, 5) is 11.8. The average Bonchev–Trinajstić information content (AvgIpc) is 2.38. The van der Waals surface area contributed by atoms with Gasteiger partial charge >= 0.3 is 0 Å². The Morgan fingerprint density at radius 2 is 2.15 bits per heavy atom. The third-order valence-electron chi connectivity index (χ3n) is 2.65. The zero-order chi connectivity index (χ0) is 15.0. The molecule has 0 fully saturated rings. The van der Waals surface area contributed by atoms with Gasteiger partial charge in [0.2, 0.25) is 5.91 Å². The lowest BCUT2D eigenvalue weighted by molar-refractivity contribution is -0.116. The molecule has 1 aromatic carbocycles. The minimum atomic E-state index is -0.382. The SMILES string of the molecule is CCOc1cc(F)ccc1NC(=O)CCCNC(C)C. The largest absolute Gasteiger partial charge is 0.492 e. The number of nitrogens with one attached hydrogen (secondary N) is 2. The second-order valence-electron chi connectivity index (χ2n) is 4.83. The van der Waals surface area contributed by atoms with Gasteiger partial charge in [0.25, 0.3) is 0 Å². The van der Waals surface area contributed by atoms with Gasteiger partial charge in [0.15, 0.2) is 0 Å². The minimum absolute atomic E-state index is 0.0943. The van der Waals surface area contributed by atoms with E-state index in [4.69, 9.17) is 4.74 Å². The van der Waals surface area contributed by atoms with E-state index in [1.807, 2.05) is 6.92 Å². The zero-order valence-electron chi connectivity index (χ0n) is 12.3. The molecule has 2 N–H and O–H groups in total. The molecule has 0 spiro atoms. The summed E-state index contributed by atoms with van der Waals surface area (Å²) >= 11 is 0. The van der Waals surface area contributed by atoms with Crippen LogP contribution in [0.3, 0.4) is 0 Å². The van der Waals surface area contributed by atoms with Crippen LogP contribution in [0.25, 0.3) is 0 Å². The molecule has 0 saturated heterocycles. The highest BCUT2D eigenvalue weighted by atomic mass is 19.1. The molecule has 0 aromatic heterocycles. The van der Waals surface area contributed by atoms with Gasteiger partial charge in [0.1, 0.15) is 11.6 Å². The maximum atomic E-state index is 13.1. The predicted octanol–water partition coefficient (Wildman–Crippen LogP) is 2.94. The van der Waals surface area contributed by atoms with Crippen molar-refractivity contribution in [1.82, 2.24) is 5.32 Å². The van der Waals surface area contributed by atoms with Crippen molar-refractivity contribution >= 4 is 11.6 Å². The molecular formula is C15H23FN2O2. The van der Waals surface area contributed by atoms with Crippen molar-refractivity contribution in [3.63, 3.8) is 0 Å². The van der Waals surface area contributed by atoms with Crippen LogP contribution in [0.5, 0.6) is 5.75 Å². The molecule has 1 aromatic rings. The highest BCUT2D eigenvalue weighted by Crippen LogP contribution is 2.25.